The van der Waals surface area contributed by atoms with Crippen LogP contribution >= 0.6 is 11.8 Å². The van der Waals surface area contributed by atoms with Crippen molar-refractivity contribution in [2.75, 3.05) is 12.0 Å². The van der Waals surface area contributed by atoms with Gasteiger partial charge in [-0.15, -0.1) is 0 Å². The SMILES string of the molecule is CSCC[C@H](NC(=O)c1ccc(C(C)(C)C)cc1)C(=O)N1Cc2ccccc2C[C@H]1C(N)=O. The Labute approximate surface area is 200 Å². The summed E-state index contributed by atoms with van der Waals surface area (Å²) in [6, 6.07) is 13.7. The Hall–Kier alpha value is -2.80. The predicted molar refractivity (Wildman–Crippen MR) is 133 cm³/mol. The molecule has 0 aromatic heterocycles. The van der Waals surface area contributed by atoms with Gasteiger partial charge in [-0.3, -0.25) is 14.4 Å². The lowest BCUT2D eigenvalue weighted by Gasteiger charge is -2.37. The predicted octanol–water partition coefficient (Wildman–Crippen LogP) is 3.27. The lowest BCUT2D eigenvalue weighted by atomic mass is 9.86. The zero-order valence-electron chi connectivity index (χ0n) is 19.8. The number of nitrogens with zero attached hydrogens (tertiary/aromatic N) is 1. The highest BCUT2D eigenvalue weighted by atomic mass is 32.2. The van der Waals surface area contributed by atoms with Crippen LogP contribution in [0, 0.1) is 0 Å². The quantitative estimate of drug-likeness (QED) is 0.654. The van der Waals surface area contributed by atoms with Gasteiger partial charge in [0.05, 0.1) is 0 Å². The average Bonchev–Trinajstić information content (AvgIpc) is 2.79. The van der Waals surface area contributed by atoms with Gasteiger partial charge in [-0.25, -0.2) is 0 Å². The van der Waals surface area contributed by atoms with E-state index in [1.165, 1.54) is 4.90 Å². The van der Waals surface area contributed by atoms with Crippen LogP contribution < -0.4 is 11.1 Å². The maximum atomic E-state index is 13.6. The van der Waals surface area contributed by atoms with Gasteiger partial charge >= 0.3 is 0 Å². The highest BCUT2D eigenvalue weighted by molar-refractivity contribution is 7.98. The van der Waals surface area contributed by atoms with Crippen LogP contribution in [0.1, 0.15) is 54.2 Å². The molecule has 2 atom stereocenters. The summed E-state index contributed by atoms with van der Waals surface area (Å²) in [5.41, 5.74) is 9.31. The number of nitrogens with one attached hydrogen (secondary N) is 1. The highest BCUT2D eigenvalue weighted by Gasteiger charge is 2.36. The molecule has 33 heavy (non-hydrogen) atoms. The molecule has 3 rings (SSSR count). The largest absolute Gasteiger partial charge is 0.368 e. The maximum Gasteiger partial charge on any atom is 0.251 e. The number of hydrogen-bond donors (Lipinski definition) is 2. The van der Waals surface area contributed by atoms with Gasteiger partial charge in [0.1, 0.15) is 12.1 Å². The number of nitrogens with two attached hydrogens (primary N) is 1. The fraction of sp³-hybridized carbons (Fsp3) is 0.423. The minimum Gasteiger partial charge on any atom is -0.368 e. The zero-order chi connectivity index (χ0) is 24.2. The first-order chi connectivity index (χ1) is 15.6. The van der Waals surface area contributed by atoms with Gasteiger partial charge in [0, 0.05) is 18.5 Å². The summed E-state index contributed by atoms with van der Waals surface area (Å²) in [5, 5.41) is 2.91. The van der Waals surface area contributed by atoms with Crippen molar-refractivity contribution < 1.29 is 14.4 Å². The Balaban J connectivity index is 1.82. The number of rotatable bonds is 7. The van der Waals surface area contributed by atoms with Crippen molar-refractivity contribution in [1.29, 1.82) is 0 Å². The van der Waals surface area contributed by atoms with E-state index in [2.05, 4.69) is 26.1 Å². The van der Waals surface area contributed by atoms with Crippen LogP contribution in [0.25, 0.3) is 0 Å². The molecule has 1 heterocycles. The van der Waals surface area contributed by atoms with Gasteiger partial charge in [-0.2, -0.15) is 11.8 Å². The second-order valence-corrected chi connectivity index (χ2v) is 10.5. The number of fused-ring (bicyclic) bond motifs is 1. The van der Waals surface area contributed by atoms with Crippen molar-refractivity contribution in [3.05, 3.63) is 70.8 Å². The van der Waals surface area contributed by atoms with Crippen molar-refractivity contribution in [1.82, 2.24) is 10.2 Å². The number of primary amides is 1. The van der Waals surface area contributed by atoms with Gasteiger partial charge in [-0.1, -0.05) is 57.2 Å². The summed E-state index contributed by atoms with van der Waals surface area (Å²) in [4.78, 5) is 40.3. The first kappa shape index (κ1) is 24.8. The van der Waals surface area contributed by atoms with Crippen LogP contribution in [0.5, 0.6) is 0 Å². The number of amides is 3. The van der Waals surface area contributed by atoms with Crippen molar-refractivity contribution in [2.24, 2.45) is 5.73 Å². The van der Waals surface area contributed by atoms with Crippen LogP contribution in [0.4, 0.5) is 0 Å². The first-order valence-electron chi connectivity index (χ1n) is 11.2. The molecule has 2 aromatic carbocycles. The zero-order valence-corrected chi connectivity index (χ0v) is 20.6. The Morgan fingerprint density at radius 1 is 1.09 bits per heavy atom. The summed E-state index contributed by atoms with van der Waals surface area (Å²) >= 11 is 1.60. The van der Waals surface area contributed by atoms with E-state index < -0.39 is 18.0 Å². The van der Waals surface area contributed by atoms with Crippen LogP contribution in [0.3, 0.4) is 0 Å². The van der Waals surface area contributed by atoms with Gasteiger partial charge in [-0.05, 0) is 52.7 Å². The van der Waals surface area contributed by atoms with E-state index in [0.29, 0.717) is 30.7 Å². The van der Waals surface area contributed by atoms with E-state index in [1.54, 1.807) is 23.9 Å². The Morgan fingerprint density at radius 2 is 1.73 bits per heavy atom. The smallest absolute Gasteiger partial charge is 0.251 e. The topological polar surface area (TPSA) is 92.5 Å². The molecule has 0 bridgehead atoms. The summed E-state index contributed by atoms with van der Waals surface area (Å²) in [5.74, 6) is -0.416. The minimum absolute atomic E-state index is 0.0137. The molecule has 3 N–H and O–H groups in total. The summed E-state index contributed by atoms with van der Waals surface area (Å²) in [7, 11) is 0. The van der Waals surface area contributed by atoms with Gasteiger partial charge in [0.25, 0.3) is 5.91 Å². The third-order valence-electron chi connectivity index (χ3n) is 6.09. The fourth-order valence-corrected chi connectivity index (χ4v) is 4.54. The molecule has 0 saturated heterocycles. The van der Waals surface area contributed by atoms with Gasteiger partial charge in [0.15, 0.2) is 0 Å². The van der Waals surface area contributed by atoms with E-state index in [1.807, 2.05) is 42.7 Å². The first-order valence-corrected chi connectivity index (χ1v) is 12.6. The summed E-state index contributed by atoms with van der Waals surface area (Å²) < 4.78 is 0. The molecule has 6 nitrogen and oxygen atoms in total. The third-order valence-corrected chi connectivity index (χ3v) is 6.73. The molecule has 0 spiro atoms. The summed E-state index contributed by atoms with van der Waals surface area (Å²) in [6.45, 7) is 6.65. The van der Waals surface area contributed by atoms with E-state index in [9.17, 15) is 14.4 Å². The molecule has 176 valence electrons. The molecule has 0 unspecified atom stereocenters. The molecule has 7 heteroatoms. The Bertz CT molecular complexity index is 1010. The van der Waals surface area contributed by atoms with Gasteiger partial charge < -0.3 is 16.0 Å². The van der Waals surface area contributed by atoms with Crippen molar-refractivity contribution >= 4 is 29.5 Å². The van der Waals surface area contributed by atoms with Crippen molar-refractivity contribution in [2.45, 2.75) is 57.7 Å². The second kappa shape index (κ2) is 10.4. The van der Waals surface area contributed by atoms with E-state index in [4.69, 9.17) is 5.73 Å². The molecule has 0 radical (unpaired) electrons. The fourth-order valence-electron chi connectivity index (χ4n) is 4.07. The number of thioether (sulfide) groups is 1. The van der Waals surface area contributed by atoms with Crippen LogP contribution in [-0.4, -0.2) is 46.7 Å². The highest BCUT2D eigenvalue weighted by Crippen LogP contribution is 2.25. The average molecular weight is 468 g/mol. The summed E-state index contributed by atoms with van der Waals surface area (Å²) in [6.07, 6.45) is 2.81. The molecule has 1 aliphatic heterocycles. The number of carbonyl (C=O) groups is 3. The maximum absolute atomic E-state index is 13.6. The monoisotopic (exact) mass is 467 g/mol. The Morgan fingerprint density at radius 3 is 2.30 bits per heavy atom. The minimum atomic E-state index is -0.737. The van der Waals surface area contributed by atoms with Crippen molar-refractivity contribution in [3.8, 4) is 0 Å². The van der Waals surface area contributed by atoms with E-state index >= 15 is 0 Å². The van der Waals surface area contributed by atoms with Crippen LogP contribution in [0.15, 0.2) is 48.5 Å². The normalized spacial score (nSPS) is 16.6. The molecule has 0 fully saturated rings. The van der Waals surface area contributed by atoms with Crippen LogP contribution in [-0.2, 0) is 28.0 Å². The van der Waals surface area contributed by atoms with Crippen LogP contribution in [0.2, 0.25) is 0 Å². The molecule has 1 aliphatic rings. The Kier molecular flexibility index (Phi) is 7.84. The second-order valence-electron chi connectivity index (χ2n) is 9.49. The number of hydrogen-bond acceptors (Lipinski definition) is 4. The molecule has 3 amide bonds. The van der Waals surface area contributed by atoms with E-state index in [0.717, 1.165) is 16.7 Å². The lowest BCUT2D eigenvalue weighted by Crippen LogP contribution is -2.57. The number of carbonyl (C=O) groups excluding carboxylic acids is 3. The van der Waals surface area contributed by atoms with Crippen molar-refractivity contribution in [3.63, 3.8) is 0 Å². The lowest BCUT2D eigenvalue weighted by molar-refractivity contribution is -0.142. The molecular formula is C26H33N3O3S. The molecule has 0 saturated carbocycles. The third kappa shape index (κ3) is 5.96. The molecule has 2 aromatic rings. The molecular weight excluding hydrogens is 434 g/mol. The van der Waals surface area contributed by atoms with E-state index in [-0.39, 0.29) is 17.2 Å². The molecule has 0 aliphatic carbocycles. The standard InChI is InChI=1S/C26H33N3O3S/c1-26(2,3)20-11-9-17(10-12-20)24(31)28-21(13-14-33-4)25(32)29-16-19-8-6-5-7-18(19)15-22(29)23(27)30/h5-12,21-22H,13-16H2,1-4H3,(H2,27,30)(H,28,31)/t21-,22-/m0/s1. The number of benzene rings is 2. The van der Waals surface area contributed by atoms with Gasteiger partial charge in [0.2, 0.25) is 11.8 Å².